The van der Waals surface area contributed by atoms with Gasteiger partial charge in [0.25, 0.3) is 0 Å². The second-order valence-electron chi connectivity index (χ2n) is 4.09. The Bertz CT molecular complexity index is 509. The molecule has 0 spiro atoms. The van der Waals surface area contributed by atoms with Gasteiger partial charge in [0.2, 0.25) is 0 Å². The Morgan fingerprint density at radius 1 is 1.06 bits per heavy atom. The first-order valence-corrected chi connectivity index (χ1v) is 5.26. The number of hydrogen-bond donors (Lipinski definition) is 0. The Balaban J connectivity index is 2.23. The van der Waals surface area contributed by atoms with Gasteiger partial charge in [-0.2, -0.15) is 0 Å². The molecule has 0 atom stereocenters. The average Bonchev–Trinajstić information content (AvgIpc) is 2.28. The molecule has 3 rings (SSSR count). The molecule has 0 amide bonds. The maximum atomic E-state index is 13.1. The zero-order valence-corrected chi connectivity index (χ0v) is 8.96. The maximum absolute atomic E-state index is 13.1. The summed E-state index contributed by atoms with van der Waals surface area (Å²) in [5, 5.41) is 0. The van der Waals surface area contributed by atoms with Crippen LogP contribution in [0.3, 0.4) is 0 Å². The van der Waals surface area contributed by atoms with Crippen LogP contribution in [-0.2, 0) is 6.61 Å². The SMILES string of the molecule is Cc1ccc2c(c1)OCc1cc(F)ccc1-2. The van der Waals surface area contributed by atoms with Crippen LogP contribution >= 0.6 is 0 Å². The van der Waals surface area contributed by atoms with Crippen LogP contribution in [0, 0.1) is 12.7 Å². The van der Waals surface area contributed by atoms with Gasteiger partial charge < -0.3 is 4.74 Å². The molecule has 16 heavy (non-hydrogen) atoms. The summed E-state index contributed by atoms with van der Waals surface area (Å²) >= 11 is 0. The van der Waals surface area contributed by atoms with Gasteiger partial charge in [-0.3, -0.25) is 0 Å². The number of aryl methyl sites for hydroxylation is 1. The Morgan fingerprint density at radius 3 is 2.75 bits per heavy atom. The van der Waals surface area contributed by atoms with E-state index in [0.717, 1.165) is 22.4 Å². The molecular weight excluding hydrogens is 203 g/mol. The topological polar surface area (TPSA) is 9.23 Å². The van der Waals surface area contributed by atoms with E-state index in [0.29, 0.717) is 6.61 Å². The van der Waals surface area contributed by atoms with E-state index in [1.807, 2.05) is 31.2 Å². The lowest BCUT2D eigenvalue weighted by Crippen LogP contribution is -2.05. The molecule has 1 aliphatic rings. The van der Waals surface area contributed by atoms with Gasteiger partial charge in [-0.05, 0) is 36.2 Å². The second-order valence-corrected chi connectivity index (χ2v) is 4.09. The number of ether oxygens (including phenoxy) is 1. The van der Waals surface area contributed by atoms with Gasteiger partial charge in [-0.1, -0.05) is 18.2 Å². The summed E-state index contributed by atoms with van der Waals surface area (Å²) in [6, 6.07) is 10.9. The highest BCUT2D eigenvalue weighted by atomic mass is 19.1. The molecule has 0 aliphatic carbocycles. The van der Waals surface area contributed by atoms with Gasteiger partial charge >= 0.3 is 0 Å². The second kappa shape index (κ2) is 3.34. The van der Waals surface area contributed by atoms with Gasteiger partial charge in [0.1, 0.15) is 18.2 Å². The molecule has 1 nitrogen and oxygen atoms in total. The summed E-state index contributed by atoms with van der Waals surface area (Å²) in [4.78, 5) is 0. The highest BCUT2D eigenvalue weighted by Crippen LogP contribution is 2.37. The fraction of sp³-hybridized carbons (Fsp3) is 0.143. The Morgan fingerprint density at radius 2 is 1.88 bits per heavy atom. The minimum absolute atomic E-state index is 0.210. The fourth-order valence-corrected chi connectivity index (χ4v) is 2.07. The zero-order chi connectivity index (χ0) is 11.1. The lowest BCUT2D eigenvalue weighted by molar-refractivity contribution is 0.301. The predicted molar refractivity (Wildman–Crippen MR) is 60.9 cm³/mol. The smallest absolute Gasteiger partial charge is 0.127 e. The molecule has 0 fully saturated rings. The third-order valence-electron chi connectivity index (χ3n) is 2.88. The molecule has 0 radical (unpaired) electrons. The quantitative estimate of drug-likeness (QED) is 0.649. The summed E-state index contributed by atoms with van der Waals surface area (Å²) in [5.41, 5.74) is 4.20. The van der Waals surface area contributed by atoms with Crippen LogP contribution in [0.15, 0.2) is 36.4 Å². The Hall–Kier alpha value is -1.83. The molecule has 0 saturated carbocycles. The summed E-state index contributed by atoms with van der Waals surface area (Å²) in [6.07, 6.45) is 0. The minimum atomic E-state index is -0.210. The average molecular weight is 214 g/mol. The molecule has 2 aromatic rings. The molecular formula is C14H11FO. The van der Waals surface area contributed by atoms with Crippen molar-refractivity contribution in [2.24, 2.45) is 0 Å². The molecule has 0 bridgehead atoms. The lowest BCUT2D eigenvalue weighted by atomic mass is 9.96. The van der Waals surface area contributed by atoms with Crippen LogP contribution in [-0.4, -0.2) is 0 Å². The molecule has 80 valence electrons. The fourth-order valence-electron chi connectivity index (χ4n) is 2.07. The molecule has 0 unspecified atom stereocenters. The van der Waals surface area contributed by atoms with Crippen LogP contribution in [0.2, 0.25) is 0 Å². The van der Waals surface area contributed by atoms with Crippen molar-refractivity contribution >= 4 is 0 Å². The molecule has 0 aromatic heterocycles. The lowest BCUT2D eigenvalue weighted by Gasteiger charge is -2.21. The van der Waals surface area contributed by atoms with Crippen molar-refractivity contribution in [2.45, 2.75) is 13.5 Å². The largest absolute Gasteiger partial charge is 0.488 e. The summed E-state index contributed by atoms with van der Waals surface area (Å²) < 4.78 is 18.7. The maximum Gasteiger partial charge on any atom is 0.127 e. The third-order valence-corrected chi connectivity index (χ3v) is 2.88. The standard InChI is InChI=1S/C14H11FO/c1-9-2-4-13-12-5-3-11(15)7-10(12)8-16-14(13)6-9/h2-7H,8H2,1H3. The van der Waals surface area contributed by atoms with Crippen molar-refractivity contribution in [3.8, 4) is 16.9 Å². The first kappa shape index (κ1) is 9.40. The Labute approximate surface area is 93.5 Å². The van der Waals surface area contributed by atoms with Crippen LogP contribution in [0.4, 0.5) is 4.39 Å². The van der Waals surface area contributed by atoms with Gasteiger partial charge in [-0.25, -0.2) is 4.39 Å². The van der Waals surface area contributed by atoms with Gasteiger partial charge in [0.15, 0.2) is 0 Å². The molecule has 1 heterocycles. The summed E-state index contributed by atoms with van der Waals surface area (Å²) in [7, 11) is 0. The first-order valence-electron chi connectivity index (χ1n) is 5.26. The highest BCUT2D eigenvalue weighted by Gasteiger charge is 2.17. The van der Waals surface area contributed by atoms with Gasteiger partial charge in [-0.15, -0.1) is 0 Å². The van der Waals surface area contributed by atoms with Crippen molar-refractivity contribution < 1.29 is 9.13 Å². The van der Waals surface area contributed by atoms with Crippen LogP contribution in [0.5, 0.6) is 5.75 Å². The van der Waals surface area contributed by atoms with E-state index >= 15 is 0 Å². The van der Waals surface area contributed by atoms with E-state index in [1.165, 1.54) is 17.7 Å². The van der Waals surface area contributed by atoms with Gasteiger partial charge in [0.05, 0.1) is 0 Å². The molecule has 2 aromatic carbocycles. The normalized spacial score (nSPS) is 12.6. The van der Waals surface area contributed by atoms with Gasteiger partial charge in [0, 0.05) is 11.1 Å². The van der Waals surface area contributed by atoms with Crippen molar-refractivity contribution in [3.05, 3.63) is 53.3 Å². The van der Waals surface area contributed by atoms with E-state index in [1.54, 1.807) is 0 Å². The highest BCUT2D eigenvalue weighted by molar-refractivity contribution is 5.75. The van der Waals surface area contributed by atoms with Crippen molar-refractivity contribution in [1.29, 1.82) is 0 Å². The summed E-state index contributed by atoms with van der Waals surface area (Å²) in [5.74, 6) is 0.678. The van der Waals surface area contributed by atoms with Crippen molar-refractivity contribution in [2.75, 3.05) is 0 Å². The third kappa shape index (κ3) is 1.38. The predicted octanol–water partition coefficient (Wildman–Crippen LogP) is 3.69. The number of fused-ring (bicyclic) bond motifs is 3. The minimum Gasteiger partial charge on any atom is -0.488 e. The van der Waals surface area contributed by atoms with E-state index in [9.17, 15) is 4.39 Å². The van der Waals surface area contributed by atoms with Crippen molar-refractivity contribution in [3.63, 3.8) is 0 Å². The first-order chi connectivity index (χ1) is 7.74. The monoisotopic (exact) mass is 214 g/mol. The van der Waals surface area contributed by atoms with Crippen LogP contribution < -0.4 is 4.74 Å². The van der Waals surface area contributed by atoms with E-state index in [4.69, 9.17) is 4.74 Å². The molecule has 1 aliphatic heterocycles. The molecule has 0 saturated heterocycles. The summed E-state index contributed by atoms with van der Waals surface area (Å²) in [6.45, 7) is 2.48. The number of rotatable bonds is 0. The van der Waals surface area contributed by atoms with E-state index < -0.39 is 0 Å². The van der Waals surface area contributed by atoms with E-state index in [-0.39, 0.29) is 5.82 Å². The number of halogens is 1. The van der Waals surface area contributed by atoms with Crippen LogP contribution in [0.1, 0.15) is 11.1 Å². The molecule has 0 N–H and O–H groups in total. The number of hydrogen-bond acceptors (Lipinski definition) is 1. The van der Waals surface area contributed by atoms with Crippen molar-refractivity contribution in [1.82, 2.24) is 0 Å². The van der Waals surface area contributed by atoms with E-state index in [2.05, 4.69) is 0 Å². The number of benzene rings is 2. The van der Waals surface area contributed by atoms with Crippen LogP contribution in [0.25, 0.3) is 11.1 Å². The Kier molecular flexibility index (Phi) is 1.96. The zero-order valence-electron chi connectivity index (χ0n) is 8.96. The molecule has 2 heteroatoms.